The van der Waals surface area contributed by atoms with Crippen LogP contribution >= 0.6 is 0 Å². The van der Waals surface area contributed by atoms with E-state index in [-0.39, 0.29) is 12.7 Å². The lowest BCUT2D eigenvalue weighted by atomic mass is 9.98. The number of carbonyl (C=O) groups is 1. The average molecular weight is 403 g/mol. The van der Waals surface area contributed by atoms with Gasteiger partial charge >= 0.3 is 0 Å². The lowest BCUT2D eigenvalue weighted by Crippen LogP contribution is -2.57. The zero-order valence-corrected chi connectivity index (χ0v) is 16.3. The Hall–Kier alpha value is -2.62. The number of hydrogen-bond acceptors (Lipinski definition) is 5. The number of nitrogens with zero attached hydrogens (tertiary/aromatic N) is 2. The number of nitrogens with one attached hydrogen (secondary N) is 1. The molecule has 148 valence electrons. The van der Waals surface area contributed by atoms with Gasteiger partial charge in [-0.15, -0.1) is 0 Å². The molecule has 0 aliphatic carbocycles. The van der Waals surface area contributed by atoms with Crippen LogP contribution in [0.5, 0.6) is 11.5 Å². The summed E-state index contributed by atoms with van der Waals surface area (Å²) < 4.78 is 39.8. The second-order valence-electron chi connectivity index (χ2n) is 6.79. The largest absolute Gasteiger partial charge is 0.454 e. The van der Waals surface area contributed by atoms with Crippen molar-refractivity contribution in [3.8, 4) is 11.5 Å². The predicted octanol–water partition coefficient (Wildman–Crippen LogP) is 1.66. The molecule has 0 saturated carbocycles. The maximum absolute atomic E-state index is 13.1. The first-order valence-electron chi connectivity index (χ1n) is 8.84. The summed E-state index contributed by atoms with van der Waals surface area (Å²) in [6.45, 7) is 0.140. The van der Waals surface area contributed by atoms with Crippen molar-refractivity contribution in [3.05, 3.63) is 54.1 Å². The topological polar surface area (TPSA) is 88.2 Å². The molecule has 2 atom stereocenters. The Kier molecular flexibility index (Phi) is 4.74. The normalized spacial score (nSPS) is 23.4. The minimum Gasteiger partial charge on any atom is -0.454 e. The third-order valence-electron chi connectivity index (χ3n) is 5.13. The fourth-order valence-corrected chi connectivity index (χ4v) is 4.71. The molecule has 2 aromatic rings. The van der Waals surface area contributed by atoms with Crippen molar-refractivity contribution in [2.75, 3.05) is 25.8 Å². The summed E-state index contributed by atoms with van der Waals surface area (Å²) in [6.07, 6.45) is 0.297. The number of rotatable bonds is 3. The molecule has 8 nitrogen and oxygen atoms in total. The first-order valence-corrected chi connectivity index (χ1v) is 10.3. The van der Waals surface area contributed by atoms with Gasteiger partial charge < -0.3 is 14.4 Å². The lowest BCUT2D eigenvalue weighted by Gasteiger charge is -2.38. The van der Waals surface area contributed by atoms with Crippen LogP contribution in [0.4, 0.5) is 5.69 Å². The van der Waals surface area contributed by atoms with Crippen molar-refractivity contribution >= 4 is 21.8 Å². The number of hydrogen-bond donors (Lipinski definition) is 1. The second-order valence-corrected chi connectivity index (χ2v) is 8.55. The van der Waals surface area contributed by atoms with Gasteiger partial charge in [0.25, 0.3) is 10.2 Å². The van der Waals surface area contributed by atoms with E-state index in [0.717, 1.165) is 9.87 Å². The van der Waals surface area contributed by atoms with Gasteiger partial charge in [0.2, 0.25) is 12.7 Å². The maximum Gasteiger partial charge on any atom is 0.280 e. The molecule has 0 bridgehead atoms. The van der Waals surface area contributed by atoms with Gasteiger partial charge in [-0.3, -0.25) is 4.79 Å². The van der Waals surface area contributed by atoms with Crippen LogP contribution in [0.15, 0.2) is 48.5 Å². The van der Waals surface area contributed by atoms with Crippen LogP contribution in [0, 0.1) is 0 Å². The van der Waals surface area contributed by atoms with Gasteiger partial charge in [0.05, 0.1) is 6.04 Å². The van der Waals surface area contributed by atoms with E-state index in [2.05, 4.69) is 4.72 Å². The third-order valence-corrected chi connectivity index (χ3v) is 6.72. The Morgan fingerprint density at radius 3 is 2.61 bits per heavy atom. The molecule has 1 amide bonds. The van der Waals surface area contributed by atoms with Gasteiger partial charge in [0.15, 0.2) is 11.5 Å². The van der Waals surface area contributed by atoms with Crippen molar-refractivity contribution in [2.45, 2.75) is 18.5 Å². The molecule has 2 aromatic carbocycles. The Labute approximate surface area is 163 Å². The molecule has 9 heteroatoms. The summed E-state index contributed by atoms with van der Waals surface area (Å²) >= 11 is 0. The molecule has 1 N–H and O–H groups in total. The molecule has 2 aliphatic rings. The van der Waals surface area contributed by atoms with E-state index in [0.29, 0.717) is 23.6 Å². The molecule has 0 aromatic heterocycles. The molecule has 1 saturated heterocycles. The minimum atomic E-state index is -3.82. The molecule has 0 radical (unpaired) electrons. The van der Waals surface area contributed by atoms with E-state index < -0.39 is 22.3 Å². The van der Waals surface area contributed by atoms with E-state index in [1.54, 1.807) is 25.2 Å². The minimum absolute atomic E-state index is 0.140. The van der Waals surface area contributed by atoms with Crippen LogP contribution in [0.2, 0.25) is 0 Å². The van der Waals surface area contributed by atoms with Crippen molar-refractivity contribution in [2.24, 2.45) is 0 Å². The number of para-hydroxylation sites is 1. The van der Waals surface area contributed by atoms with Gasteiger partial charge in [-0.25, -0.2) is 0 Å². The zero-order chi connectivity index (χ0) is 19.9. The number of amides is 1. The fraction of sp³-hybridized carbons (Fsp3) is 0.316. The number of fused-ring (bicyclic) bond motifs is 1. The highest BCUT2D eigenvalue weighted by atomic mass is 32.2. The van der Waals surface area contributed by atoms with Crippen molar-refractivity contribution < 1.29 is 22.7 Å². The summed E-state index contributed by atoms with van der Waals surface area (Å²) in [6, 6.07) is 13.1. The molecule has 0 spiro atoms. The van der Waals surface area contributed by atoms with Crippen molar-refractivity contribution in [1.29, 1.82) is 0 Å². The first-order chi connectivity index (χ1) is 13.4. The monoisotopic (exact) mass is 403 g/mol. The summed E-state index contributed by atoms with van der Waals surface area (Å²) in [7, 11) is -0.754. The highest BCUT2D eigenvalue weighted by Crippen LogP contribution is 2.37. The summed E-state index contributed by atoms with van der Waals surface area (Å²) in [4.78, 5) is 14.6. The highest BCUT2D eigenvalue weighted by Gasteiger charge is 2.42. The number of ether oxygens (including phenoxy) is 2. The van der Waals surface area contributed by atoms with E-state index >= 15 is 0 Å². The van der Waals surface area contributed by atoms with Crippen LogP contribution in [-0.4, -0.2) is 45.6 Å². The van der Waals surface area contributed by atoms with Crippen LogP contribution in [0.3, 0.4) is 0 Å². The molecule has 2 unspecified atom stereocenters. The molecule has 2 heterocycles. The lowest BCUT2D eigenvalue weighted by molar-refractivity contribution is -0.122. The number of carbonyl (C=O) groups excluding carboxylic acids is 1. The Bertz CT molecular complexity index is 996. The number of anilines is 1. The van der Waals surface area contributed by atoms with E-state index in [9.17, 15) is 13.2 Å². The Balaban J connectivity index is 1.63. The number of benzene rings is 2. The maximum atomic E-state index is 13.1. The smallest absolute Gasteiger partial charge is 0.280 e. The summed E-state index contributed by atoms with van der Waals surface area (Å²) in [5.41, 5.74) is 1.43. The zero-order valence-electron chi connectivity index (χ0n) is 15.5. The Morgan fingerprint density at radius 2 is 1.86 bits per heavy atom. The van der Waals surface area contributed by atoms with E-state index in [1.807, 2.05) is 30.3 Å². The van der Waals surface area contributed by atoms with E-state index in [1.165, 1.54) is 11.9 Å². The van der Waals surface area contributed by atoms with Gasteiger partial charge in [0, 0.05) is 19.8 Å². The molecular weight excluding hydrogens is 382 g/mol. The van der Waals surface area contributed by atoms with Crippen LogP contribution in [0.25, 0.3) is 0 Å². The second kappa shape index (κ2) is 7.08. The molecule has 1 fully saturated rings. The standard InChI is InChI=1S/C19H21N3O5S/c1-21(14-6-4-3-5-7-14)19(23)16-11-15(20-28(24,25)22(16)2)13-8-9-17-18(10-13)27-12-26-17/h3-10,15-16,20H,11-12H2,1-2H3. The van der Waals surface area contributed by atoms with Gasteiger partial charge in [-0.1, -0.05) is 24.3 Å². The highest BCUT2D eigenvalue weighted by molar-refractivity contribution is 7.87. The van der Waals surface area contributed by atoms with Crippen LogP contribution in [-0.2, 0) is 15.0 Å². The van der Waals surface area contributed by atoms with Gasteiger partial charge in [0.1, 0.15) is 6.04 Å². The fourth-order valence-electron chi connectivity index (χ4n) is 3.44. The van der Waals surface area contributed by atoms with Crippen LogP contribution < -0.4 is 19.1 Å². The average Bonchev–Trinajstić information content (AvgIpc) is 3.17. The van der Waals surface area contributed by atoms with Crippen LogP contribution in [0.1, 0.15) is 18.0 Å². The Morgan fingerprint density at radius 1 is 1.14 bits per heavy atom. The van der Waals surface area contributed by atoms with Crippen molar-refractivity contribution in [3.63, 3.8) is 0 Å². The first kappa shape index (κ1) is 18.7. The summed E-state index contributed by atoms with van der Waals surface area (Å²) in [5.74, 6) is 0.903. The number of likely N-dealkylation sites (N-methyl/N-ethyl adjacent to an activating group) is 2. The van der Waals surface area contributed by atoms with Gasteiger partial charge in [-0.2, -0.15) is 17.4 Å². The summed E-state index contributed by atoms with van der Waals surface area (Å²) in [5, 5.41) is 0. The quantitative estimate of drug-likeness (QED) is 0.842. The third kappa shape index (κ3) is 3.32. The molecule has 4 rings (SSSR count). The van der Waals surface area contributed by atoms with Gasteiger partial charge in [-0.05, 0) is 36.2 Å². The molecule has 28 heavy (non-hydrogen) atoms. The SMILES string of the molecule is CN(C(=O)C1CC(c2ccc3c(c2)OCO3)NS(=O)(=O)N1C)c1ccccc1. The molecular formula is C19H21N3O5S. The predicted molar refractivity (Wildman–Crippen MR) is 103 cm³/mol. The van der Waals surface area contributed by atoms with Crippen molar-refractivity contribution in [1.82, 2.24) is 9.03 Å². The van der Waals surface area contributed by atoms with E-state index in [4.69, 9.17) is 9.47 Å². The molecule has 2 aliphatic heterocycles.